The van der Waals surface area contributed by atoms with Crippen LogP contribution in [-0.2, 0) is 6.42 Å². The van der Waals surface area contributed by atoms with E-state index in [4.69, 9.17) is 0 Å². The third-order valence-corrected chi connectivity index (χ3v) is 4.82. The predicted molar refractivity (Wildman–Crippen MR) is 101 cm³/mol. The lowest BCUT2D eigenvalue weighted by Crippen LogP contribution is -2.29. The topological polar surface area (TPSA) is 95.9 Å². The number of hydrogen-bond donors (Lipinski definition) is 2. The summed E-state index contributed by atoms with van der Waals surface area (Å²) < 4.78 is 14.4. The Morgan fingerprint density at radius 1 is 1.33 bits per heavy atom. The van der Waals surface area contributed by atoms with Crippen molar-refractivity contribution < 1.29 is 9.18 Å². The van der Waals surface area contributed by atoms with E-state index in [9.17, 15) is 9.18 Å². The van der Waals surface area contributed by atoms with E-state index in [1.165, 1.54) is 6.33 Å². The maximum atomic E-state index is 14.4. The zero-order chi connectivity index (χ0) is 19.6. The van der Waals surface area contributed by atoms with Gasteiger partial charge in [0, 0.05) is 37.4 Å². The lowest BCUT2D eigenvalue weighted by atomic mass is 10.2. The number of anilines is 2. The van der Waals surface area contributed by atoms with Gasteiger partial charge in [0.1, 0.15) is 12.1 Å². The molecule has 1 fully saturated rings. The number of nitrogens with zero attached hydrogens (tertiary/aromatic N) is 5. The van der Waals surface area contributed by atoms with Crippen LogP contribution in [0.2, 0.25) is 0 Å². The summed E-state index contributed by atoms with van der Waals surface area (Å²) in [5, 5.41) is 5.73. The first-order valence-electron chi connectivity index (χ1n) is 9.02. The van der Waals surface area contributed by atoms with Crippen molar-refractivity contribution in [3.05, 3.63) is 34.9 Å². The Labute approximate surface area is 157 Å². The number of halogens is 1. The van der Waals surface area contributed by atoms with Crippen molar-refractivity contribution in [1.29, 1.82) is 0 Å². The van der Waals surface area contributed by atoms with Gasteiger partial charge >= 0.3 is 0 Å². The van der Waals surface area contributed by atoms with Crippen LogP contribution in [0.4, 0.5) is 16.0 Å². The van der Waals surface area contributed by atoms with E-state index in [0.717, 1.165) is 30.0 Å². The molecule has 27 heavy (non-hydrogen) atoms. The SMILES string of the molecule is CCc1ncnc(N[C@@H]2CCN(c3nc(C(=O)NC)nc(C)c3C)C2)c1F. The number of carbonyl (C=O) groups excluding carboxylic acids is 1. The third-order valence-electron chi connectivity index (χ3n) is 4.82. The van der Waals surface area contributed by atoms with Crippen LogP contribution in [0, 0.1) is 19.7 Å². The van der Waals surface area contributed by atoms with Crippen LogP contribution in [0.15, 0.2) is 6.33 Å². The molecule has 2 aromatic heterocycles. The second-order valence-electron chi connectivity index (χ2n) is 6.57. The number of aryl methyl sites for hydroxylation is 2. The highest BCUT2D eigenvalue weighted by atomic mass is 19.1. The van der Waals surface area contributed by atoms with E-state index in [1.54, 1.807) is 7.05 Å². The standard InChI is InChI=1S/C18H24FN7O/c1-5-13-14(19)15(22-9-21-13)24-12-6-7-26(8-12)17-10(2)11(3)23-16(25-17)18(27)20-4/h9,12H,5-8H2,1-4H3,(H,20,27)(H,21,22,24)/t12-/m1/s1. The zero-order valence-electron chi connectivity index (χ0n) is 16.0. The highest BCUT2D eigenvalue weighted by Crippen LogP contribution is 2.26. The Bertz CT molecular complexity index is 858. The van der Waals surface area contributed by atoms with Crippen LogP contribution in [0.25, 0.3) is 0 Å². The average molecular weight is 373 g/mol. The first-order chi connectivity index (χ1) is 12.9. The molecule has 9 heteroatoms. The second-order valence-corrected chi connectivity index (χ2v) is 6.57. The maximum absolute atomic E-state index is 14.4. The predicted octanol–water partition coefficient (Wildman–Crippen LogP) is 1.64. The Hall–Kier alpha value is -2.84. The quantitative estimate of drug-likeness (QED) is 0.822. The third kappa shape index (κ3) is 3.81. The van der Waals surface area contributed by atoms with Gasteiger partial charge in [0.15, 0.2) is 11.6 Å². The molecule has 8 nitrogen and oxygen atoms in total. The summed E-state index contributed by atoms with van der Waals surface area (Å²) in [6, 6.07) is 0.0252. The molecule has 0 aliphatic carbocycles. The van der Waals surface area contributed by atoms with Crippen molar-refractivity contribution in [1.82, 2.24) is 25.3 Å². The fourth-order valence-electron chi connectivity index (χ4n) is 3.15. The van der Waals surface area contributed by atoms with Crippen molar-refractivity contribution in [2.24, 2.45) is 0 Å². The van der Waals surface area contributed by atoms with Crippen LogP contribution in [0.5, 0.6) is 0 Å². The molecular formula is C18H24FN7O. The molecule has 3 rings (SSSR count). The molecule has 1 aliphatic rings. The van der Waals surface area contributed by atoms with E-state index in [2.05, 4.69) is 35.5 Å². The Morgan fingerprint density at radius 3 is 2.81 bits per heavy atom. The Balaban J connectivity index is 1.78. The summed E-state index contributed by atoms with van der Waals surface area (Å²) in [5.74, 6) is 0.414. The van der Waals surface area contributed by atoms with Gasteiger partial charge < -0.3 is 15.5 Å². The second kappa shape index (κ2) is 7.81. The monoisotopic (exact) mass is 373 g/mol. The molecule has 1 atom stereocenters. The van der Waals surface area contributed by atoms with Gasteiger partial charge in [-0.1, -0.05) is 6.92 Å². The fourth-order valence-corrected chi connectivity index (χ4v) is 3.15. The van der Waals surface area contributed by atoms with Gasteiger partial charge in [0.2, 0.25) is 5.82 Å². The van der Waals surface area contributed by atoms with Crippen molar-refractivity contribution in [2.45, 2.75) is 39.7 Å². The van der Waals surface area contributed by atoms with Gasteiger partial charge in [-0.25, -0.2) is 24.3 Å². The molecule has 0 radical (unpaired) electrons. The van der Waals surface area contributed by atoms with Gasteiger partial charge in [0.25, 0.3) is 5.91 Å². The zero-order valence-corrected chi connectivity index (χ0v) is 16.0. The van der Waals surface area contributed by atoms with Crippen molar-refractivity contribution in [3.8, 4) is 0 Å². The van der Waals surface area contributed by atoms with E-state index in [1.807, 2.05) is 20.8 Å². The minimum Gasteiger partial charge on any atom is -0.363 e. The van der Waals surface area contributed by atoms with Crippen LogP contribution >= 0.6 is 0 Å². The highest BCUT2D eigenvalue weighted by molar-refractivity contribution is 5.90. The van der Waals surface area contributed by atoms with E-state index < -0.39 is 5.82 Å². The summed E-state index contributed by atoms with van der Waals surface area (Å²) in [6.45, 7) is 7.04. The Morgan fingerprint density at radius 2 is 2.11 bits per heavy atom. The van der Waals surface area contributed by atoms with Crippen molar-refractivity contribution >= 4 is 17.5 Å². The first kappa shape index (κ1) is 18.9. The van der Waals surface area contributed by atoms with E-state index >= 15 is 0 Å². The van der Waals surface area contributed by atoms with Crippen LogP contribution in [-0.4, -0.2) is 52.0 Å². The molecule has 2 aromatic rings. The van der Waals surface area contributed by atoms with Crippen LogP contribution < -0.4 is 15.5 Å². The van der Waals surface area contributed by atoms with Gasteiger partial charge in [0.05, 0.1) is 5.69 Å². The molecule has 0 bridgehead atoms. The lowest BCUT2D eigenvalue weighted by Gasteiger charge is -2.21. The molecule has 144 valence electrons. The highest BCUT2D eigenvalue weighted by Gasteiger charge is 2.27. The molecule has 1 saturated heterocycles. The summed E-state index contributed by atoms with van der Waals surface area (Å²) >= 11 is 0. The van der Waals surface area contributed by atoms with Gasteiger partial charge in [-0.3, -0.25) is 4.79 Å². The fraction of sp³-hybridized carbons (Fsp3) is 0.500. The molecule has 3 heterocycles. The molecule has 0 spiro atoms. The van der Waals surface area contributed by atoms with Crippen LogP contribution in [0.1, 0.15) is 40.9 Å². The molecule has 0 aromatic carbocycles. The van der Waals surface area contributed by atoms with Crippen molar-refractivity contribution in [3.63, 3.8) is 0 Å². The molecule has 0 unspecified atom stereocenters. The normalized spacial score (nSPS) is 16.5. The summed E-state index contributed by atoms with van der Waals surface area (Å²) in [5.41, 5.74) is 2.11. The number of hydrogen-bond acceptors (Lipinski definition) is 7. The number of nitrogens with one attached hydrogen (secondary N) is 2. The van der Waals surface area contributed by atoms with E-state index in [0.29, 0.717) is 18.7 Å². The maximum Gasteiger partial charge on any atom is 0.288 e. The minimum absolute atomic E-state index is 0.0252. The number of carbonyl (C=O) groups is 1. The smallest absolute Gasteiger partial charge is 0.288 e. The molecule has 1 amide bonds. The van der Waals surface area contributed by atoms with Crippen LogP contribution in [0.3, 0.4) is 0 Å². The van der Waals surface area contributed by atoms with Gasteiger partial charge in [-0.05, 0) is 26.7 Å². The molecule has 0 saturated carbocycles. The number of amides is 1. The Kier molecular flexibility index (Phi) is 5.48. The van der Waals surface area contributed by atoms with E-state index in [-0.39, 0.29) is 23.6 Å². The largest absolute Gasteiger partial charge is 0.363 e. The van der Waals surface area contributed by atoms with Crippen molar-refractivity contribution in [2.75, 3.05) is 30.4 Å². The number of rotatable bonds is 5. The summed E-state index contributed by atoms with van der Waals surface area (Å²) in [4.78, 5) is 30.7. The molecule has 2 N–H and O–H groups in total. The molecular weight excluding hydrogens is 349 g/mol. The first-order valence-corrected chi connectivity index (χ1v) is 9.02. The summed E-state index contributed by atoms with van der Waals surface area (Å²) in [7, 11) is 1.55. The molecule has 1 aliphatic heterocycles. The van der Waals surface area contributed by atoms with Gasteiger partial charge in [-0.2, -0.15) is 0 Å². The minimum atomic E-state index is -0.394. The summed E-state index contributed by atoms with van der Waals surface area (Å²) in [6.07, 6.45) is 2.70. The average Bonchev–Trinajstić information content (AvgIpc) is 3.13. The lowest BCUT2D eigenvalue weighted by molar-refractivity contribution is 0.0952. The van der Waals surface area contributed by atoms with Gasteiger partial charge in [-0.15, -0.1) is 0 Å². The number of aromatic nitrogens is 4.